The molecule has 0 atom stereocenters. The molecule has 3 heterocycles. The number of hydrogen-bond donors (Lipinski definition) is 0. The minimum absolute atomic E-state index is 0.0954. The number of thiophene rings is 1. The number of nitrogens with zero attached hydrogens (tertiary/aromatic N) is 2. The molecule has 3 rings (SSSR count). The fourth-order valence-corrected chi connectivity index (χ4v) is 4.29. The van der Waals surface area contributed by atoms with Crippen LogP contribution in [0.1, 0.15) is 71.4 Å². The molecule has 0 saturated carbocycles. The van der Waals surface area contributed by atoms with Crippen molar-refractivity contribution in [3.05, 3.63) is 21.9 Å². The summed E-state index contributed by atoms with van der Waals surface area (Å²) in [6, 6.07) is 1.81. The van der Waals surface area contributed by atoms with Crippen LogP contribution in [0, 0.1) is 0 Å². The lowest BCUT2D eigenvalue weighted by Gasteiger charge is -2.20. The second-order valence-corrected chi connectivity index (χ2v) is 7.52. The first-order valence-corrected chi connectivity index (χ1v) is 9.81. The van der Waals surface area contributed by atoms with Crippen molar-refractivity contribution in [1.82, 2.24) is 9.80 Å². The van der Waals surface area contributed by atoms with Gasteiger partial charge in [-0.2, -0.15) is 0 Å². The van der Waals surface area contributed by atoms with E-state index in [9.17, 15) is 9.59 Å². The third-order valence-corrected chi connectivity index (χ3v) is 5.76. The van der Waals surface area contributed by atoms with Crippen molar-refractivity contribution in [3.8, 4) is 0 Å². The summed E-state index contributed by atoms with van der Waals surface area (Å²) in [5.74, 6) is 0.199. The Morgan fingerprint density at radius 3 is 1.74 bits per heavy atom. The zero-order valence-corrected chi connectivity index (χ0v) is 14.6. The fraction of sp³-hybridized carbons (Fsp3) is 0.667. The van der Waals surface area contributed by atoms with Gasteiger partial charge in [0.15, 0.2) is 0 Å². The summed E-state index contributed by atoms with van der Waals surface area (Å²) in [4.78, 5) is 29.9. The number of carbonyl (C=O) groups excluding carboxylic acids is 2. The predicted octanol–water partition coefficient (Wildman–Crippen LogP) is 3.78. The summed E-state index contributed by atoms with van der Waals surface area (Å²) in [5.41, 5.74) is 0.690. The minimum atomic E-state index is 0.0954. The maximum absolute atomic E-state index is 12.6. The first-order valence-electron chi connectivity index (χ1n) is 8.93. The molecule has 126 valence electrons. The molecule has 0 N–H and O–H groups in total. The third-order valence-electron chi connectivity index (χ3n) is 4.84. The molecule has 5 heteroatoms. The largest absolute Gasteiger partial charge is 0.339 e. The lowest BCUT2D eigenvalue weighted by molar-refractivity contribution is 0.0762. The van der Waals surface area contributed by atoms with Gasteiger partial charge in [-0.05, 0) is 31.7 Å². The van der Waals surface area contributed by atoms with Gasteiger partial charge in [-0.1, -0.05) is 25.7 Å². The van der Waals surface area contributed by atoms with Crippen molar-refractivity contribution < 1.29 is 9.59 Å². The van der Waals surface area contributed by atoms with Crippen molar-refractivity contribution in [2.45, 2.75) is 51.4 Å². The van der Waals surface area contributed by atoms with Gasteiger partial charge in [0.2, 0.25) is 0 Å². The summed E-state index contributed by atoms with van der Waals surface area (Å²) in [6.07, 6.45) is 9.23. The number of amides is 2. The average Bonchev–Trinajstić information content (AvgIpc) is 2.78. The van der Waals surface area contributed by atoms with Crippen molar-refractivity contribution in [2.75, 3.05) is 26.2 Å². The lowest BCUT2D eigenvalue weighted by atomic mass is 10.2. The van der Waals surface area contributed by atoms with Crippen LogP contribution in [0.5, 0.6) is 0 Å². The number of likely N-dealkylation sites (tertiary alicyclic amines) is 2. The van der Waals surface area contributed by atoms with Crippen LogP contribution in [0.3, 0.4) is 0 Å². The van der Waals surface area contributed by atoms with Crippen molar-refractivity contribution >= 4 is 23.2 Å². The average molecular weight is 334 g/mol. The molecule has 2 fully saturated rings. The van der Waals surface area contributed by atoms with Gasteiger partial charge in [-0.25, -0.2) is 0 Å². The number of hydrogen-bond acceptors (Lipinski definition) is 3. The normalized spacial score (nSPS) is 20.0. The highest BCUT2D eigenvalue weighted by molar-refractivity contribution is 7.12. The lowest BCUT2D eigenvalue weighted by Crippen LogP contribution is -2.32. The Labute approximate surface area is 142 Å². The summed E-state index contributed by atoms with van der Waals surface area (Å²) in [6.45, 7) is 3.41. The van der Waals surface area contributed by atoms with Crippen LogP contribution in [-0.2, 0) is 0 Å². The summed E-state index contributed by atoms with van der Waals surface area (Å²) in [7, 11) is 0. The Bertz CT molecular complexity index is 492. The predicted molar refractivity (Wildman–Crippen MR) is 93.1 cm³/mol. The molecule has 23 heavy (non-hydrogen) atoms. The van der Waals surface area contributed by atoms with E-state index in [-0.39, 0.29) is 11.8 Å². The molecule has 1 aromatic heterocycles. The van der Waals surface area contributed by atoms with E-state index in [0.717, 1.165) is 51.9 Å². The van der Waals surface area contributed by atoms with E-state index >= 15 is 0 Å². The van der Waals surface area contributed by atoms with Crippen LogP contribution in [0.25, 0.3) is 0 Å². The first kappa shape index (κ1) is 16.5. The summed E-state index contributed by atoms with van der Waals surface area (Å²) >= 11 is 1.42. The molecule has 2 amide bonds. The zero-order valence-electron chi connectivity index (χ0n) is 13.8. The zero-order chi connectivity index (χ0) is 16.1. The van der Waals surface area contributed by atoms with Crippen LogP contribution < -0.4 is 0 Å². The molecular formula is C18H26N2O2S. The smallest absolute Gasteiger partial charge is 0.263 e. The van der Waals surface area contributed by atoms with E-state index in [1.54, 1.807) is 0 Å². The van der Waals surface area contributed by atoms with Gasteiger partial charge in [-0.3, -0.25) is 9.59 Å². The van der Waals surface area contributed by atoms with E-state index in [1.807, 2.05) is 21.2 Å². The molecule has 0 radical (unpaired) electrons. The maximum atomic E-state index is 12.6. The SMILES string of the molecule is O=C(c1csc(C(=O)N2CCCCCC2)c1)N1CCCCCC1. The minimum Gasteiger partial charge on any atom is -0.339 e. The van der Waals surface area contributed by atoms with Crippen molar-refractivity contribution in [1.29, 1.82) is 0 Å². The Kier molecular flexibility index (Phi) is 5.70. The molecule has 1 aromatic rings. The Morgan fingerprint density at radius 2 is 1.22 bits per heavy atom. The second kappa shape index (κ2) is 7.95. The highest BCUT2D eigenvalue weighted by Crippen LogP contribution is 2.21. The molecule has 2 saturated heterocycles. The van der Waals surface area contributed by atoms with Gasteiger partial charge < -0.3 is 9.80 Å². The number of carbonyl (C=O) groups is 2. The molecule has 2 aliphatic heterocycles. The summed E-state index contributed by atoms with van der Waals surface area (Å²) in [5, 5.41) is 1.86. The quantitative estimate of drug-likeness (QED) is 0.826. The Morgan fingerprint density at radius 1 is 0.739 bits per heavy atom. The van der Waals surface area contributed by atoms with E-state index in [4.69, 9.17) is 0 Å². The highest BCUT2D eigenvalue weighted by Gasteiger charge is 2.22. The first-order chi connectivity index (χ1) is 11.3. The number of rotatable bonds is 2. The summed E-state index contributed by atoms with van der Waals surface area (Å²) < 4.78 is 0. The van der Waals surface area contributed by atoms with Crippen LogP contribution in [0.15, 0.2) is 11.4 Å². The second-order valence-electron chi connectivity index (χ2n) is 6.61. The Balaban J connectivity index is 1.66. The van der Waals surface area contributed by atoms with Gasteiger partial charge in [0.25, 0.3) is 11.8 Å². The topological polar surface area (TPSA) is 40.6 Å². The molecule has 0 aromatic carbocycles. The maximum Gasteiger partial charge on any atom is 0.263 e. The van der Waals surface area contributed by atoms with Crippen LogP contribution in [-0.4, -0.2) is 47.8 Å². The van der Waals surface area contributed by atoms with E-state index < -0.39 is 0 Å². The monoisotopic (exact) mass is 334 g/mol. The van der Waals surface area contributed by atoms with Gasteiger partial charge in [-0.15, -0.1) is 11.3 Å². The van der Waals surface area contributed by atoms with Gasteiger partial charge in [0.1, 0.15) is 0 Å². The van der Waals surface area contributed by atoms with Gasteiger partial charge in [0.05, 0.1) is 10.4 Å². The standard InChI is InChI=1S/C18H26N2O2S/c21-17(19-9-5-1-2-6-10-19)15-13-16(23-14-15)18(22)20-11-7-3-4-8-12-20/h13-14H,1-12H2. The van der Waals surface area contributed by atoms with Gasteiger partial charge >= 0.3 is 0 Å². The molecule has 2 aliphatic rings. The molecule has 4 nitrogen and oxygen atoms in total. The van der Waals surface area contributed by atoms with E-state index in [2.05, 4.69) is 0 Å². The van der Waals surface area contributed by atoms with Crippen molar-refractivity contribution in [3.63, 3.8) is 0 Å². The third kappa shape index (κ3) is 4.14. The van der Waals surface area contributed by atoms with Crippen molar-refractivity contribution in [2.24, 2.45) is 0 Å². The van der Waals surface area contributed by atoms with Crippen LogP contribution >= 0.6 is 11.3 Å². The van der Waals surface area contributed by atoms with E-state index in [1.165, 1.54) is 37.0 Å². The van der Waals surface area contributed by atoms with E-state index in [0.29, 0.717) is 10.4 Å². The molecule has 0 unspecified atom stereocenters. The molecule has 0 spiro atoms. The Hall–Kier alpha value is -1.36. The fourth-order valence-electron chi connectivity index (χ4n) is 3.45. The van der Waals surface area contributed by atoms with Crippen LogP contribution in [0.4, 0.5) is 0 Å². The molecule has 0 bridgehead atoms. The van der Waals surface area contributed by atoms with Gasteiger partial charge in [0, 0.05) is 31.6 Å². The molecular weight excluding hydrogens is 308 g/mol. The van der Waals surface area contributed by atoms with Crippen LogP contribution in [0.2, 0.25) is 0 Å². The molecule has 0 aliphatic carbocycles. The highest BCUT2D eigenvalue weighted by atomic mass is 32.1.